The zero-order chi connectivity index (χ0) is 11.4. The van der Waals surface area contributed by atoms with Gasteiger partial charge in [0.15, 0.2) is 0 Å². The van der Waals surface area contributed by atoms with Crippen LogP contribution in [-0.2, 0) is 4.79 Å². The molecule has 0 aliphatic rings. The van der Waals surface area contributed by atoms with E-state index >= 15 is 0 Å². The molecule has 1 aromatic rings. The number of hydrogen-bond donors (Lipinski definition) is 3. The normalized spacial score (nSPS) is 12.1. The van der Waals surface area contributed by atoms with E-state index in [2.05, 4.69) is 26.2 Å². The molecule has 0 aliphatic heterocycles. The number of carboxylic acids is 1. The summed E-state index contributed by atoms with van der Waals surface area (Å²) in [6, 6.07) is 0.740. The van der Waals surface area contributed by atoms with Crippen molar-refractivity contribution < 1.29 is 14.7 Å². The molecule has 1 rings (SSSR count). The highest BCUT2D eigenvalue weighted by molar-refractivity contribution is 9.10. The second kappa shape index (κ2) is 4.97. The maximum Gasteiger partial charge on any atom is 0.326 e. The van der Waals surface area contributed by atoms with E-state index in [9.17, 15) is 9.59 Å². The molecular formula is C9H11BrN2O3. The van der Waals surface area contributed by atoms with Gasteiger partial charge in [-0.15, -0.1) is 0 Å². The molecule has 0 saturated carbocycles. The van der Waals surface area contributed by atoms with Crippen LogP contribution in [0.25, 0.3) is 0 Å². The van der Waals surface area contributed by atoms with Crippen LogP contribution >= 0.6 is 15.9 Å². The van der Waals surface area contributed by atoms with Gasteiger partial charge in [-0.2, -0.15) is 0 Å². The van der Waals surface area contributed by atoms with Crippen molar-refractivity contribution in [3.63, 3.8) is 0 Å². The monoisotopic (exact) mass is 274 g/mol. The Morgan fingerprint density at radius 2 is 2.33 bits per heavy atom. The topological polar surface area (TPSA) is 82.2 Å². The highest BCUT2D eigenvalue weighted by Gasteiger charge is 2.18. The summed E-state index contributed by atoms with van der Waals surface area (Å²) < 4.78 is 0.746. The first-order valence-electron chi connectivity index (χ1n) is 4.42. The molecule has 5 nitrogen and oxygen atoms in total. The number of amides is 1. The lowest BCUT2D eigenvalue weighted by Crippen LogP contribution is -2.40. The van der Waals surface area contributed by atoms with Gasteiger partial charge in [0, 0.05) is 10.7 Å². The quantitative estimate of drug-likeness (QED) is 0.776. The van der Waals surface area contributed by atoms with Gasteiger partial charge in [0.05, 0.1) is 0 Å². The zero-order valence-corrected chi connectivity index (χ0v) is 9.67. The van der Waals surface area contributed by atoms with Gasteiger partial charge in [-0.1, -0.05) is 6.92 Å². The van der Waals surface area contributed by atoms with Crippen LogP contribution in [-0.4, -0.2) is 28.0 Å². The third-order valence-electron chi connectivity index (χ3n) is 1.90. The first-order valence-corrected chi connectivity index (χ1v) is 5.21. The van der Waals surface area contributed by atoms with Crippen molar-refractivity contribution in [1.82, 2.24) is 10.3 Å². The molecule has 6 heteroatoms. The van der Waals surface area contributed by atoms with Crippen LogP contribution < -0.4 is 5.32 Å². The average molecular weight is 275 g/mol. The molecule has 1 amide bonds. The van der Waals surface area contributed by atoms with Crippen LogP contribution in [0.3, 0.4) is 0 Å². The molecule has 15 heavy (non-hydrogen) atoms. The van der Waals surface area contributed by atoms with Crippen molar-refractivity contribution in [2.75, 3.05) is 0 Å². The van der Waals surface area contributed by atoms with Crippen molar-refractivity contribution in [3.8, 4) is 0 Å². The Labute approximate surface area is 95.0 Å². The van der Waals surface area contributed by atoms with Crippen LogP contribution in [0.2, 0.25) is 0 Å². The maximum absolute atomic E-state index is 11.5. The summed E-state index contributed by atoms with van der Waals surface area (Å²) >= 11 is 3.19. The van der Waals surface area contributed by atoms with Gasteiger partial charge in [0.1, 0.15) is 11.7 Å². The number of carbonyl (C=O) groups is 2. The first-order chi connectivity index (χ1) is 7.04. The SMILES string of the molecule is CC[C@@H](NC(=O)c1cc(Br)c[nH]1)C(=O)O. The van der Waals surface area contributed by atoms with Gasteiger partial charge in [-0.05, 0) is 28.4 Å². The third kappa shape index (κ3) is 3.09. The maximum atomic E-state index is 11.5. The highest BCUT2D eigenvalue weighted by atomic mass is 79.9. The fourth-order valence-electron chi connectivity index (χ4n) is 1.07. The number of aliphatic carboxylic acids is 1. The first kappa shape index (κ1) is 11.8. The van der Waals surface area contributed by atoms with Gasteiger partial charge in [0.2, 0.25) is 0 Å². The molecule has 0 spiro atoms. The predicted octanol–water partition coefficient (Wildman–Crippen LogP) is 1.37. The van der Waals surface area contributed by atoms with Gasteiger partial charge >= 0.3 is 5.97 Å². The summed E-state index contributed by atoms with van der Waals surface area (Å²) in [5, 5.41) is 11.1. The predicted molar refractivity (Wildman–Crippen MR) is 57.7 cm³/mol. The number of halogens is 1. The number of aromatic nitrogens is 1. The van der Waals surface area contributed by atoms with Crippen molar-refractivity contribution in [2.24, 2.45) is 0 Å². The van der Waals surface area contributed by atoms with Crippen LogP contribution in [0.5, 0.6) is 0 Å². The molecule has 1 heterocycles. The molecule has 0 fully saturated rings. The standard InChI is InChI=1S/C9H11BrN2O3/c1-2-6(9(14)15)12-8(13)7-3-5(10)4-11-7/h3-4,6,11H,2H2,1H3,(H,12,13)(H,14,15)/t6-/m1/s1. The Morgan fingerprint density at radius 1 is 1.67 bits per heavy atom. The number of carbonyl (C=O) groups excluding carboxylic acids is 1. The van der Waals surface area contributed by atoms with Crippen molar-refractivity contribution in [2.45, 2.75) is 19.4 Å². The van der Waals surface area contributed by atoms with E-state index in [1.54, 1.807) is 19.2 Å². The van der Waals surface area contributed by atoms with E-state index < -0.39 is 17.9 Å². The second-order valence-electron chi connectivity index (χ2n) is 3.00. The fourth-order valence-corrected chi connectivity index (χ4v) is 1.42. The Kier molecular flexibility index (Phi) is 3.90. The van der Waals surface area contributed by atoms with Crippen molar-refractivity contribution in [3.05, 3.63) is 22.4 Å². The van der Waals surface area contributed by atoms with Crippen molar-refractivity contribution in [1.29, 1.82) is 0 Å². The summed E-state index contributed by atoms with van der Waals surface area (Å²) in [5.74, 6) is -1.45. The van der Waals surface area contributed by atoms with Gasteiger partial charge in [-0.25, -0.2) is 4.79 Å². The van der Waals surface area contributed by atoms with E-state index in [-0.39, 0.29) is 0 Å². The minimum absolute atomic E-state index is 0.335. The van der Waals surface area contributed by atoms with Crippen LogP contribution in [0.15, 0.2) is 16.7 Å². The highest BCUT2D eigenvalue weighted by Crippen LogP contribution is 2.10. The molecular weight excluding hydrogens is 264 g/mol. The van der Waals surface area contributed by atoms with Gasteiger partial charge in [0.25, 0.3) is 5.91 Å². The summed E-state index contributed by atoms with van der Waals surface area (Å²) in [4.78, 5) is 24.9. The number of rotatable bonds is 4. The van der Waals surface area contributed by atoms with Crippen LogP contribution in [0, 0.1) is 0 Å². The molecule has 82 valence electrons. The molecule has 0 bridgehead atoms. The van der Waals surface area contributed by atoms with E-state index in [0.717, 1.165) is 4.47 Å². The van der Waals surface area contributed by atoms with Gasteiger partial charge < -0.3 is 15.4 Å². The Morgan fingerprint density at radius 3 is 2.73 bits per heavy atom. The lowest BCUT2D eigenvalue weighted by Gasteiger charge is -2.10. The lowest BCUT2D eigenvalue weighted by molar-refractivity contribution is -0.139. The average Bonchev–Trinajstić information content (AvgIpc) is 2.60. The number of nitrogens with one attached hydrogen (secondary N) is 2. The fraction of sp³-hybridized carbons (Fsp3) is 0.333. The van der Waals surface area contributed by atoms with Gasteiger partial charge in [-0.3, -0.25) is 4.79 Å². The summed E-state index contributed by atoms with van der Waals surface area (Å²) in [6.07, 6.45) is 1.96. The smallest absolute Gasteiger partial charge is 0.326 e. The molecule has 0 radical (unpaired) electrons. The number of carboxylic acid groups (broad SMARTS) is 1. The third-order valence-corrected chi connectivity index (χ3v) is 2.36. The molecule has 0 aliphatic carbocycles. The Hall–Kier alpha value is -1.30. The molecule has 0 aromatic carbocycles. The second-order valence-corrected chi connectivity index (χ2v) is 3.92. The molecule has 0 unspecified atom stereocenters. The molecule has 3 N–H and O–H groups in total. The van der Waals surface area contributed by atoms with E-state index in [0.29, 0.717) is 12.1 Å². The molecule has 0 saturated heterocycles. The molecule has 1 atom stereocenters. The summed E-state index contributed by atoms with van der Waals surface area (Å²) in [5.41, 5.74) is 0.335. The van der Waals surface area contributed by atoms with Crippen LogP contribution in [0.4, 0.5) is 0 Å². The minimum Gasteiger partial charge on any atom is -0.480 e. The molecule has 1 aromatic heterocycles. The summed E-state index contributed by atoms with van der Waals surface area (Å²) in [6.45, 7) is 1.70. The number of aromatic amines is 1. The summed E-state index contributed by atoms with van der Waals surface area (Å²) in [7, 11) is 0. The largest absolute Gasteiger partial charge is 0.480 e. The zero-order valence-electron chi connectivity index (χ0n) is 8.08. The van der Waals surface area contributed by atoms with Crippen LogP contribution in [0.1, 0.15) is 23.8 Å². The lowest BCUT2D eigenvalue weighted by atomic mass is 10.2. The van der Waals surface area contributed by atoms with E-state index in [4.69, 9.17) is 5.11 Å². The van der Waals surface area contributed by atoms with E-state index in [1.807, 2.05) is 0 Å². The number of hydrogen-bond acceptors (Lipinski definition) is 2. The minimum atomic E-state index is -1.03. The van der Waals surface area contributed by atoms with Crippen molar-refractivity contribution >= 4 is 27.8 Å². The number of H-pyrrole nitrogens is 1. The Bertz CT molecular complexity index is 375. The van der Waals surface area contributed by atoms with E-state index in [1.165, 1.54) is 0 Å². The Balaban J connectivity index is 2.66.